The summed E-state index contributed by atoms with van der Waals surface area (Å²) in [6.45, 7) is -1.08. The summed E-state index contributed by atoms with van der Waals surface area (Å²) in [4.78, 5) is 20.8. The molecule has 0 amide bonds. The van der Waals surface area contributed by atoms with E-state index in [9.17, 15) is 9.59 Å². The van der Waals surface area contributed by atoms with Crippen molar-refractivity contribution in [3.05, 3.63) is 0 Å². The first-order valence-corrected chi connectivity index (χ1v) is 3.91. The summed E-state index contributed by atoms with van der Waals surface area (Å²) in [6, 6.07) is 0. The zero-order valence-electron chi connectivity index (χ0n) is 7.52. The van der Waals surface area contributed by atoms with Crippen LogP contribution in [0.5, 0.6) is 0 Å². The topological polar surface area (TPSA) is 156 Å². The molecule has 8 nitrogen and oxygen atoms in total. The lowest BCUT2D eigenvalue weighted by molar-refractivity contribution is -0.166. The van der Waals surface area contributed by atoms with Crippen LogP contribution in [0.25, 0.3) is 0 Å². The van der Waals surface area contributed by atoms with E-state index in [4.69, 9.17) is 30.6 Å². The zero-order valence-corrected chi connectivity index (χ0v) is 7.52. The quantitative estimate of drug-likeness (QED) is 0.267. The van der Waals surface area contributed by atoms with Gasteiger partial charge in [0.1, 0.15) is 24.9 Å². The highest BCUT2D eigenvalue weighted by Gasteiger charge is 2.36. The van der Waals surface area contributed by atoms with Gasteiger partial charge in [-0.15, -0.1) is 0 Å². The minimum atomic E-state index is -2.33. The molecule has 0 rings (SSSR count). The third kappa shape index (κ3) is 3.53. The predicted octanol–water partition coefficient (Wildman–Crippen LogP) is -3.92. The van der Waals surface area contributed by atoms with Gasteiger partial charge in [-0.3, -0.25) is 4.79 Å². The van der Waals surface area contributed by atoms with Crippen molar-refractivity contribution in [1.29, 1.82) is 0 Å². The Morgan fingerprint density at radius 2 is 1.33 bits per heavy atom. The molecule has 0 aliphatic rings. The first-order valence-electron chi connectivity index (χ1n) is 3.91. The third-order valence-electron chi connectivity index (χ3n) is 1.74. The van der Waals surface area contributed by atoms with Gasteiger partial charge in [0.25, 0.3) is 0 Å². The minimum absolute atomic E-state index is 1.08. The molecule has 0 bridgehead atoms. The van der Waals surface area contributed by atoms with Crippen molar-refractivity contribution < 1.29 is 40.2 Å². The number of rotatable bonds is 6. The van der Waals surface area contributed by atoms with Crippen molar-refractivity contribution in [2.75, 3.05) is 6.61 Å². The van der Waals surface area contributed by atoms with E-state index in [2.05, 4.69) is 0 Å². The second-order valence-corrected chi connectivity index (χ2v) is 2.83. The molecular weight excluding hydrogens is 212 g/mol. The van der Waals surface area contributed by atoms with E-state index in [0.717, 1.165) is 0 Å². The molecule has 0 heterocycles. The fourth-order valence-electron chi connectivity index (χ4n) is 0.804. The number of hydrogen-bond acceptors (Lipinski definition) is 7. The highest BCUT2D eigenvalue weighted by Crippen LogP contribution is 2.06. The molecule has 0 saturated carbocycles. The van der Waals surface area contributed by atoms with Crippen molar-refractivity contribution >= 4 is 11.8 Å². The van der Waals surface area contributed by atoms with E-state index in [-0.39, 0.29) is 0 Å². The van der Waals surface area contributed by atoms with Crippen molar-refractivity contribution in [3.63, 3.8) is 0 Å². The van der Waals surface area contributed by atoms with Crippen LogP contribution in [-0.2, 0) is 9.59 Å². The van der Waals surface area contributed by atoms with Crippen molar-refractivity contribution in [1.82, 2.24) is 0 Å². The first kappa shape index (κ1) is 13.9. The number of aliphatic hydroxyl groups excluding tert-OH is 5. The molecule has 88 valence electrons. The molecule has 15 heavy (non-hydrogen) atoms. The van der Waals surface area contributed by atoms with Gasteiger partial charge >= 0.3 is 5.97 Å². The Bertz CT molecular complexity index is 239. The van der Waals surface area contributed by atoms with Crippen LogP contribution in [0.1, 0.15) is 0 Å². The van der Waals surface area contributed by atoms with Gasteiger partial charge in [-0.05, 0) is 0 Å². The second kappa shape index (κ2) is 5.73. The maximum absolute atomic E-state index is 10.6. The van der Waals surface area contributed by atoms with E-state index in [1.807, 2.05) is 0 Å². The number of aliphatic carboxylic acids is 1. The Labute approximate surface area is 84.0 Å². The molecule has 0 saturated heterocycles. The van der Waals surface area contributed by atoms with E-state index < -0.39 is 42.8 Å². The largest absolute Gasteiger partial charge is 0.479 e. The monoisotopic (exact) mass is 224 g/mol. The SMILES string of the molecule is O=C(CO)[C@@H](O)[C@@H](O)[C@@H](O)[C@@H](O)C(=O)O. The van der Waals surface area contributed by atoms with E-state index in [1.54, 1.807) is 0 Å². The molecule has 4 atom stereocenters. The molecule has 0 aromatic carbocycles. The number of ketones is 1. The highest BCUT2D eigenvalue weighted by molar-refractivity contribution is 5.84. The molecule has 0 aromatic rings. The Balaban J connectivity index is 4.49. The van der Waals surface area contributed by atoms with E-state index in [0.29, 0.717) is 0 Å². The van der Waals surface area contributed by atoms with E-state index in [1.165, 1.54) is 0 Å². The second-order valence-electron chi connectivity index (χ2n) is 2.83. The maximum Gasteiger partial charge on any atom is 0.335 e. The van der Waals surface area contributed by atoms with Crippen LogP contribution < -0.4 is 0 Å². The number of hydrogen-bond donors (Lipinski definition) is 6. The Morgan fingerprint density at radius 3 is 1.67 bits per heavy atom. The average molecular weight is 224 g/mol. The summed E-state index contributed by atoms with van der Waals surface area (Å²) in [5.41, 5.74) is 0. The van der Waals surface area contributed by atoms with Crippen molar-refractivity contribution in [2.24, 2.45) is 0 Å². The normalized spacial score (nSPS) is 19.0. The van der Waals surface area contributed by atoms with Gasteiger partial charge in [0.15, 0.2) is 11.9 Å². The molecule has 0 aliphatic carbocycles. The zero-order chi connectivity index (χ0) is 12.2. The van der Waals surface area contributed by atoms with Crippen LogP contribution in [0.15, 0.2) is 0 Å². The summed E-state index contributed by atoms with van der Waals surface area (Å²) >= 11 is 0. The predicted molar refractivity (Wildman–Crippen MR) is 43.8 cm³/mol. The van der Waals surface area contributed by atoms with Crippen LogP contribution in [0.2, 0.25) is 0 Å². The lowest BCUT2D eigenvalue weighted by Gasteiger charge is -2.23. The molecule has 0 radical (unpaired) electrons. The number of carbonyl (C=O) groups excluding carboxylic acids is 1. The molecule has 6 N–H and O–H groups in total. The molecule has 0 aliphatic heterocycles. The summed E-state index contributed by atoms with van der Waals surface area (Å²) in [6.07, 6.45) is -8.90. The average Bonchev–Trinajstić information content (AvgIpc) is 2.23. The minimum Gasteiger partial charge on any atom is -0.479 e. The van der Waals surface area contributed by atoms with Gasteiger partial charge in [-0.1, -0.05) is 0 Å². The van der Waals surface area contributed by atoms with Crippen LogP contribution in [0.4, 0.5) is 0 Å². The molecule has 0 aromatic heterocycles. The van der Waals surface area contributed by atoms with Gasteiger partial charge in [-0.2, -0.15) is 0 Å². The van der Waals surface area contributed by atoms with Crippen LogP contribution in [0.3, 0.4) is 0 Å². The summed E-state index contributed by atoms with van der Waals surface area (Å²) in [5, 5.41) is 52.3. The molecule has 0 unspecified atom stereocenters. The number of carboxylic acids is 1. The Kier molecular flexibility index (Phi) is 5.33. The number of aliphatic hydroxyl groups is 5. The van der Waals surface area contributed by atoms with Crippen LogP contribution >= 0.6 is 0 Å². The summed E-state index contributed by atoms with van der Waals surface area (Å²) in [5.74, 6) is -3.01. The Hall–Kier alpha value is -1.06. The molecule has 8 heteroatoms. The Morgan fingerprint density at radius 1 is 0.933 bits per heavy atom. The van der Waals surface area contributed by atoms with Crippen molar-refractivity contribution in [2.45, 2.75) is 24.4 Å². The number of Topliss-reactive ketones (excluding diaryl/α,β-unsaturated/α-hetero) is 1. The maximum atomic E-state index is 10.6. The smallest absolute Gasteiger partial charge is 0.335 e. The fourth-order valence-corrected chi connectivity index (χ4v) is 0.804. The fraction of sp³-hybridized carbons (Fsp3) is 0.714. The number of carbonyl (C=O) groups is 2. The number of carboxylic acid groups (broad SMARTS) is 1. The lowest BCUT2D eigenvalue weighted by Crippen LogP contribution is -2.50. The van der Waals surface area contributed by atoms with Gasteiger partial charge in [0.05, 0.1) is 0 Å². The first-order chi connectivity index (χ1) is 6.82. The van der Waals surface area contributed by atoms with Crippen LogP contribution in [0, 0.1) is 0 Å². The highest BCUT2D eigenvalue weighted by atomic mass is 16.4. The molecular formula is C7H12O8. The van der Waals surface area contributed by atoms with Crippen molar-refractivity contribution in [3.8, 4) is 0 Å². The van der Waals surface area contributed by atoms with Gasteiger partial charge < -0.3 is 30.6 Å². The molecule has 0 fully saturated rings. The van der Waals surface area contributed by atoms with Gasteiger partial charge in [-0.25, -0.2) is 4.79 Å². The lowest BCUT2D eigenvalue weighted by atomic mass is 10.0. The van der Waals surface area contributed by atoms with Gasteiger partial charge in [0, 0.05) is 0 Å². The summed E-state index contributed by atoms with van der Waals surface area (Å²) in [7, 11) is 0. The third-order valence-corrected chi connectivity index (χ3v) is 1.74. The van der Waals surface area contributed by atoms with Crippen LogP contribution in [-0.4, -0.2) is 73.4 Å². The standard InChI is InChI=1S/C7H12O8/c8-1-2(9)3(10)4(11)5(12)6(13)7(14)15/h3-6,8,10-13H,1H2,(H,14,15)/t3-,4-,5-,6-/m1/s1. The van der Waals surface area contributed by atoms with Gasteiger partial charge in [0.2, 0.25) is 0 Å². The summed E-state index contributed by atoms with van der Waals surface area (Å²) < 4.78 is 0. The molecule has 0 spiro atoms. The van der Waals surface area contributed by atoms with E-state index >= 15 is 0 Å².